The van der Waals surface area contributed by atoms with Gasteiger partial charge in [0, 0.05) is 33.6 Å². The van der Waals surface area contributed by atoms with Gasteiger partial charge in [-0.1, -0.05) is 0 Å². The fourth-order valence-electron chi connectivity index (χ4n) is 0. The summed E-state index contributed by atoms with van der Waals surface area (Å²) in [5, 5.41) is 0. The van der Waals surface area contributed by atoms with Crippen molar-refractivity contribution in [3.05, 3.63) is 0 Å². The third-order valence-corrected chi connectivity index (χ3v) is 0. The van der Waals surface area contributed by atoms with Crippen LogP contribution in [0, 0.1) is 0 Å². The Morgan fingerprint density at radius 3 is 1.00 bits per heavy atom. The minimum atomic E-state index is 0. The molecular weight excluding hydrogens is 137 g/mol. The fraction of sp³-hybridized carbons (Fsp3) is 0. The molecule has 0 aromatic heterocycles. The SMILES string of the molecule is O.[Fe].[LiH].[Ni]. The molecule has 0 aliphatic heterocycles. The maximum atomic E-state index is 0. The molecule has 2 N–H and O–H groups in total. The molecule has 0 spiro atoms. The Balaban J connectivity index is 0. The average molecular weight is 141 g/mol. The van der Waals surface area contributed by atoms with Gasteiger partial charge in [0.1, 0.15) is 0 Å². The van der Waals surface area contributed by atoms with E-state index in [0.717, 1.165) is 0 Å². The van der Waals surface area contributed by atoms with Crippen molar-refractivity contribution < 1.29 is 39.0 Å². The number of hydrogen-bond donors (Lipinski definition) is 0. The smallest absolute Gasteiger partial charge is 0 e. The molecule has 0 aliphatic rings. The van der Waals surface area contributed by atoms with Crippen LogP contribution in [-0.4, -0.2) is 24.3 Å². The van der Waals surface area contributed by atoms with E-state index in [1.54, 1.807) is 0 Å². The normalized spacial score (nSPS) is 0. The minimum absolute atomic E-state index is 0. The summed E-state index contributed by atoms with van der Waals surface area (Å²) in [5.41, 5.74) is 0. The predicted molar refractivity (Wildman–Crippen MR) is 10.8 cm³/mol. The quantitative estimate of drug-likeness (QED) is 0.368. The molecule has 0 bridgehead atoms. The van der Waals surface area contributed by atoms with E-state index < -0.39 is 0 Å². The van der Waals surface area contributed by atoms with Crippen LogP contribution in [-0.2, 0) is 33.6 Å². The first-order chi connectivity index (χ1) is 0. The van der Waals surface area contributed by atoms with Gasteiger partial charge in [0.15, 0.2) is 0 Å². The summed E-state index contributed by atoms with van der Waals surface area (Å²) in [7, 11) is 0. The average Bonchev–Trinajstić information content (AvgIpc) is 0. The van der Waals surface area contributed by atoms with Crippen molar-refractivity contribution in [3.8, 4) is 0 Å². The van der Waals surface area contributed by atoms with Gasteiger partial charge in [-0.15, -0.1) is 0 Å². The van der Waals surface area contributed by atoms with Gasteiger partial charge in [0.25, 0.3) is 0 Å². The minimum Gasteiger partial charge on any atom is 0 e. The molecule has 4 heavy (non-hydrogen) atoms. The Bertz CT molecular complexity index is 8.00. The molecule has 0 unspecified atom stereocenters. The van der Waals surface area contributed by atoms with Crippen molar-refractivity contribution in [1.82, 2.24) is 0 Å². The molecule has 0 heterocycles. The Morgan fingerprint density at radius 2 is 1.00 bits per heavy atom. The van der Waals surface area contributed by atoms with Gasteiger partial charge in [0.2, 0.25) is 0 Å². The van der Waals surface area contributed by atoms with Gasteiger partial charge in [-0.05, 0) is 0 Å². The zero-order chi connectivity index (χ0) is 0. The standard InChI is InChI=1S/Fe.Li.Ni.H2O.H/h;;;1H2;. The van der Waals surface area contributed by atoms with Gasteiger partial charge >= 0.3 is 18.9 Å². The Hall–Kier alpha value is 1.57. The van der Waals surface area contributed by atoms with Crippen molar-refractivity contribution in [2.24, 2.45) is 0 Å². The van der Waals surface area contributed by atoms with Gasteiger partial charge < -0.3 is 5.48 Å². The number of rotatable bonds is 0. The second-order valence-corrected chi connectivity index (χ2v) is 0. The number of hydrogen-bond acceptors (Lipinski definition) is 0. The Morgan fingerprint density at radius 1 is 1.00 bits per heavy atom. The van der Waals surface area contributed by atoms with Crippen LogP contribution in [0.15, 0.2) is 0 Å². The topological polar surface area (TPSA) is 31.5 Å². The van der Waals surface area contributed by atoms with Gasteiger partial charge in [-0.25, -0.2) is 0 Å². The van der Waals surface area contributed by atoms with Crippen molar-refractivity contribution in [1.29, 1.82) is 0 Å². The van der Waals surface area contributed by atoms with Gasteiger partial charge in [0.05, 0.1) is 0 Å². The molecule has 0 saturated carbocycles. The van der Waals surface area contributed by atoms with Gasteiger partial charge in [-0.2, -0.15) is 0 Å². The van der Waals surface area contributed by atoms with Crippen LogP contribution in [0.25, 0.3) is 0 Å². The zero-order valence-electron chi connectivity index (χ0n) is 1.17. The van der Waals surface area contributed by atoms with Crippen molar-refractivity contribution in [2.75, 3.05) is 0 Å². The largest absolute Gasteiger partial charge is 0 e. The summed E-state index contributed by atoms with van der Waals surface area (Å²) < 4.78 is 0. The predicted octanol–water partition coefficient (Wildman–Crippen LogP) is -1.48. The van der Waals surface area contributed by atoms with Crippen LogP contribution in [0.2, 0.25) is 0 Å². The summed E-state index contributed by atoms with van der Waals surface area (Å²) >= 11 is 0. The van der Waals surface area contributed by atoms with E-state index in [4.69, 9.17) is 0 Å². The Labute approximate surface area is 57.8 Å². The molecule has 0 fully saturated rings. The second kappa shape index (κ2) is 23.6. The molecule has 0 aliphatic carbocycles. The molecule has 0 aromatic rings. The van der Waals surface area contributed by atoms with E-state index in [1.807, 2.05) is 0 Å². The van der Waals surface area contributed by atoms with Crippen molar-refractivity contribution >= 4 is 18.9 Å². The van der Waals surface area contributed by atoms with Gasteiger partial charge in [-0.3, -0.25) is 0 Å². The van der Waals surface area contributed by atoms with Crippen LogP contribution in [0.3, 0.4) is 0 Å². The van der Waals surface area contributed by atoms with E-state index in [9.17, 15) is 0 Å². The Kier molecular flexibility index (Phi) is 279. The second-order valence-electron chi connectivity index (χ2n) is 0. The third kappa shape index (κ3) is 9.57. The molecule has 0 rings (SSSR count). The molecule has 0 saturated heterocycles. The van der Waals surface area contributed by atoms with E-state index >= 15 is 0 Å². The molecule has 0 atom stereocenters. The molecule has 1 nitrogen and oxygen atoms in total. The molecule has 0 radical (unpaired) electrons. The monoisotopic (exact) mass is 140 g/mol. The molecule has 0 aromatic carbocycles. The van der Waals surface area contributed by atoms with E-state index in [-0.39, 0.29) is 57.9 Å². The fourth-order valence-corrected chi connectivity index (χ4v) is 0. The summed E-state index contributed by atoms with van der Waals surface area (Å²) in [6.07, 6.45) is 0. The molecule has 4 heteroatoms. The van der Waals surface area contributed by atoms with Crippen LogP contribution in [0.5, 0.6) is 0 Å². The van der Waals surface area contributed by atoms with Crippen molar-refractivity contribution in [3.63, 3.8) is 0 Å². The first-order valence-electron chi connectivity index (χ1n) is 0. The summed E-state index contributed by atoms with van der Waals surface area (Å²) in [6, 6.07) is 0. The molecule has 28 valence electrons. The third-order valence-electron chi connectivity index (χ3n) is 0. The van der Waals surface area contributed by atoms with E-state index in [1.165, 1.54) is 0 Å². The maximum Gasteiger partial charge on any atom is 0 e. The molecular formula is H3FeLiNiO. The van der Waals surface area contributed by atoms with Crippen LogP contribution >= 0.6 is 0 Å². The summed E-state index contributed by atoms with van der Waals surface area (Å²) in [5.74, 6) is 0. The summed E-state index contributed by atoms with van der Waals surface area (Å²) in [6.45, 7) is 0. The summed E-state index contributed by atoms with van der Waals surface area (Å²) in [4.78, 5) is 0. The van der Waals surface area contributed by atoms with E-state index in [0.29, 0.717) is 0 Å². The first-order valence-corrected chi connectivity index (χ1v) is 0. The van der Waals surface area contributed by atoms with E-state index in [2.05, 4.69) is 0 Å². The van der Waals surface area contributed by atoms with Crippen molar-refractivity contribution in [2.45, 2.75) is 0 Å². The zero-order valence-corrected chi connectivity index (χ0v) is 3.26. The van der Waals surface area contributed by atoms with Crippen LogP contribution in [0.4, 0.5) is 0 Å². The first kappa shape index (κ1) is 47.2. The van der Waals surface area contributed by atoms with Crippen LogP contribution in [0.1, 0.15) is 0 Å². The maximum absolute atomic E-state index is 0. The molecule has 0 amide bonds. The van der Waals surface area contributed by atoms with Crippen LogP contribution < -0.4 is 0 Å².